The van der Waals surface area contributed by atoms with Gasteiger partial charge in [0.2, 0.25) is 0 Å². The fraction of sp³-hybridized carbons (Fsp3) is 0.364. The van der Waals surface area contributed by atoms with Crippen molar-refractivity contribution in [3.8, 4) is 0 Å². The Balaban J connectivity index is 2.45. The number of hydrogen-bond acceptors (Lipinski definition) is 3. The summed E-state index contributed by atoms with van der Waals surface area (Å²) in [5.74, 6) is 0. The zero-order valence-electron chi connectivity index (χ0n) is 9.12. The van der Waals surface area contributed by atoms with Gasteiger partial charge in [-0.3, -0.25) is 5.10 Å². The van der Waals surface area contributed by atoms with Crippen molar-refractivity contribution < 1.29 is 0 Å². The van der Waals surface area contributed by atoms with Crippen LogP contribution < -0.4 is 10.6 Å². The third kappa shape index (κ3) is 1.75. The highest BCUT2D eigenvalue weighted by atomic mass is 15.1. The van der Waals surface area contributed by atoms with Crippen LogP contribution in [0.3, 0.4) is 0 Å². The molecule has 15 heavy (non-hydrogen) atoms. The Morgan fingerprint density at radius 3 is 3.00 bits per heavy atom. The van der Waals surface area contributed by atoms with Crippen LogP contribution in [0.4, 0.5) is 11.4 Å². The van der Waals surface area contributed by atoms with E-state index >= 15 is 0 Å². The van der Waals surface area contributed by atoms with Crippen LogP contribution in [0.25, 0.3) is 10.9 Å². The molecule has 1 aromatic carbocycles. The number of hydrogen-bond donors (Lipinski definition) is 2. The second kappa shape index (κ2) is 3.81. The van der Waals surface area contributed by atoms with E-state index in [9.17, 15) is 0 Å². The van der Waals surface area contributed by atoms with Gasteiger partial charge in [0.1, 0.15) is 0 Å². The molecule has 1 aromatic heterocycles. The standard InChI is InChI=1S/C11H16N4/c1-3-4-15(2)11-6-10-8(5-9(11)12)7-13-14-10/h5-7H,3-4,12H2,1-2H3,(H,13,14). The summed E-state index contributed by atoms with van der Waals surface area (Å²) in [6.45, 7) is 3.16. The van der Waals surface area contributed by atoms with E-state index in [2.05, 4.69) is 29.1 Å². The minimum absolute atomic E-state index is 0.805. The van der Waals surface area contributed by atoms with Gasteiger partial charge in [0.05, 0.1) is 23.1 Å². The first-order valence-corrected chi connectivity index (χ1v) is 5.16. The Hall–Kier alpha value is -1.71. The summed E-state index contributed by atoms with van der Waals surface area (Å²) in [6.07, 6.45) is 2.90. The van der Waals surface area contributed by atoms with Gasteiger partial charge < -0.3 is 10.6 Å². The van der Waals surface area contributed by atoms with E-state index in [0.717, 1.165) is 35.2 Å². The highest BCUT2D eigenvalue weighted by Gasteiger charge is 2.07. The van der Waals surface area contributed by atoms with Gasteiger partial charge in [0.15, 0.2) is 0 Å². The molecule has 1 heterocycles. The van der Waals surface area contributed by atoms with Crippen LogP contribution in [0.2, 0.25) is 0 Å². The molecule has 80 valence electrons. The molecule has 0 spiro atoms. The molecule has 0 bridgehead atoms. The monoisotopic (exact) mass is 204 g/mol. The molecule has 4 heteroatoms. The van der Waals surface area contributed by atoms with Gasteiger partial charge in [-0.15, -0.1) is 0 Å². The van der Waals surface area contributed by atoms with Crippen LogP contribution in [0, 0.1) is 0 Å². The lowest BCUT2D eigenvalue weighted by atomic mass is 10.2. The van der Waals surface area contributed by atoms with Crippen LogP contribution in [0.15, 0.2) is 18.3 Å². The lowest BCUT2D eigenvalue weighted by Crippen LogP contribution is -2.18. The van der Waals surface area contributed by atoms with Crippen LogP contribution in [-0.4, -0.2) is 23.8 Å². The lowest BCUT2D eigenvalue weighted by molar-refractivity contribution is 0.854. The highest BCUT2D eigenvalue weighted by Crippen LogP contribution is 2.27. The molecule has 0 unspecified atom stereocenters. The average molecular weight is 204 g/mol. The van der Waals surface area contributed by atoms with Gasteiger partial charge in [-0.1, -0.05) is 6.92 Å². The molecular formula is C11H16N4. The third-order valence-corrected chi connectivity index (χ3v) is 2.56. The molecule has 0 aliphatic rings. The maximum Gasteiger partial charge on any atom is 0.0672 e. The highest BCUT2D eigenvalue weighted by molar-refractivity contribution is 5.88. The smallest absolute Gasteiger partial charge is 0.0672 e. The Bertz CT molecular complexity index is 461. The first-order chi connectivity index (χ1) is 7.22. The molecular weight excluding hydrogens is 188 g/mol. The Kier molecular flexibility index (Phi) is 2.49. The molecule has 0 saturated heterocycles. The van der Waals surface area contributed by atoms with Crippen LogP contribution >= 0.6 is 0 Å². The number of aromatic nitrogens is 2. The molecule has 0 saturated carbocycles. The van der Waals surface area contributed by atoms with E-state index in [-0.39, 0.29) is 0 Å². The van der Waals surface area contributed by atoms with E-state index in [4.69, 9.17) is 5.73 Å². The Labute approximate surface area is 89.1 Å². The van der Waals surface area contributed by atoms with Crippen molar-refractivity contribution in [3.05, 3.63) is 18.3 Å². The number of fused-ring (bicyclic) bond motifs is 1. The molecule has 0 amide bonds. The molecule has 0 fully saturated rings. The predicted molar refractivity (Wildman–Crippen MR) is 64.1 cm³/mol. The fourth-order valence-corrected chi connectivity index (χ4v) is 1.78. The maximum absolute atomic E-state index is 5.99. The lowest BCUT2D eigenvalue weighted by Gasteiger charge is -2.20. The van der Waals surface area contributed by atoms with E-state index in [0.29, 0.717) is 0 Å². The summed E-state index contributed by atoms with van der Waals surface area (Å²) in [5, 5.41) is 8.00. The molecule has 0 radical (unpaired) electrons. The normalized spacial score (nSPS) is 10.8. The fourth-order valence-electron chi connectivity index (χ4n) is 1.78. The second-order valence-electron chi connectivity index (χ2n) is 3.79. The van der Waals surface area contributed by atoms with Crippen molar-refractivity contribution >= 4 is 22.3 Å². The van der Waals surface area contributed by atoms with Crippen LogP contribution in [0.5, 0.6) is 0 Å². The third-order valence-electron chi connectivity index (χ3n) is 2.56. The van der Waals surface area contributed by atoms with E-state index in [1.807, 2.05) is 12.1 Å². The molecule has 4 nitrogen and oxygen atoms in total. The molecule has 2 rings (SSSR count). The number of aromatic amines is 1. The minimum atomic E-state index is 0.805. The summed E-state index contributed by atoms with van der Waals surface area (Å²) in [4.78, 5) is 2.16. The van der Waals surface area contributed by atoms with Crippen LogP contribution in [0.1, 0.15) is 13.3 Å². The number of nitrogens with two attached hydrogens (primary N) is 1. The van der Waals surface area contributed by atoms with Crippen molar-refractivity contribution in [2.75, 3.05) is 24.2 Å². The number of rotatable bonds is 3. The van der Waals surface area contributed by atoms with Gasteiger partial charge in [0.25, 0.3) is 0 Å². The van der Waals surface area contributed by atoms with Gasteiger partial charge >= 0.3 is 0 Å². The number of nitrogens with zero attached hydrogens (tertiary/aromatic N) is 2. The SMILES string of the molecule is CCCN(C)c1cc2[nH]ncc2cc1N. The summed E-state index contributed by atoms with van der Waals surface area (Å²) in [7, 11) is 2.05. The molecule has 3 N–H and O–H groups in total. The molecule has 0 aliphatic carbocycles. The summed E-state index contributed by atoms with van der Waals surface area (Å²) < 4.78 is 0. The predicted octanol–water partition coefficient (Wildman–Crippen LogP) is 1.99. The van der Waals surface area contributed by atoms with Gasteiger partial charge in [-0.05, 0) is 18.6 Å². The van der Waals surface area contributed by atoms with E-state index in [1.165, 1.54) is 0 Å². The van der Waals surface area contributed by atoms with Gasteiger partial charge in [-0.25, -0.2) is 0 Å². The first kappa shape index (κ1) is 9.83. The number of H-pyrrole nitrogens is 1. The van der Waals surface area contributed by atoms with E-state index in [1.54, 1.807) is 6.20 Å². The number of nitrogens with one attached hydrogen (secondary N) is 1. The quantitative estimate of drug-likeness (QED) is 0.752. The summed E-state index contributed by atoms with van der Waals surface area (Å²) in [6, 6.07) is 4.01. The Morgan fingerprint density at radius 2 is 2.27 bits per heavy atom. The number of benzene rings is 1. The Morgan fingerprint density at radius 1 is 1.47 bits per heavy atom. The van der Waals surface area contributed by atoms with E-state index < -0.39 is 0 Å². The second-order valence-corrected chi connectivity index (χ2v) is 3.79. The maximum atomic E-state index is 5.99. The number of nitrogen functional groups attached to an aromatic ring is 1. The van der Waals surface area contributed by atoms with Crippen molar-refractivity contribution in [2.24, 2.45) is 0 Å². The van der Waals surface area contributed by atoms with Crippen LogP contribution in [-0.2, 0) is 0 Å². The van der Waals surface area contributed by atoms with Gasteiger partial charge in [0, 0.05) is 19.0 Å². The zero-order valence-corrected chi connectivity index (χ0v) is 9.12. The van der Waals surface area contributed by atoms with Crippen molar-refractivity contribution in [2.45, 2.75) is 13.3 Å². The first-order valence-electron chi connectivity index (χ1n) is 5.16. The molecule has 0 aliphatic heterocycles. The summed E-state index contributed by atoms with van der Waals surface area (Å²) >= 11 is 0. The average Bonchev–Trinajstić information content (AvgIpc) is 2.63. The largest absolute Gasteiger partial charge is 0.397 e. The zero-order chi connectivity index (χ0) is 10.8. The molecule has 2 aromatic rings. The summed E-state index contributed by atoms with van der Waals surface area (Å²) in [5.41, 5.74) is 8.89. The minimum Gasteiger partial charge on any atom is -0.397 e. The number of anilines is 2. The van der Waals surface area contributed by atoms with Crippen molar-refractivity contribution in [3.63, 3.8) is 0 Å². The molecule has 0 atom stereocenters. The topological polar surface area (TPSA) is 57.9 Å². The van der Waals surface area contributed by atoms with Gasteiger partial charge in [-0.2, -0.15) is 5.10 Å². The van der Waals surface area contributed by atoms with Crippen molar-refractivity contribution in [1.29, 1.82) is 0 Å². The van der Waals surface area contributed by atoms with Crippen molar-refractivity contribution in [1.82, 2.24) is 10.2 Å².